The lowest BCUT2D eigenvalue weighted by Gasteiger charge is -2.32. The van der Waals surface area contributed by atoms with Gasteiger partial charge in [0.1, 0.15) is 18.0 Å². The van der Waals surface area contributed by atoms with Crippen molar-refractivity contribution in [3.63, 3.8) is 0 Å². The van der Waals surface area contributed by atoms with Gasteiger partial charge in [0.05, 0.1) is 28.4 Å². The van der Waals surface area contributed by atoms with Crippen LogP contribution in [0.3, 0.4) is 0 Å². The number of hydrogen-bond acceptors (Lipinski definition) is 10. The fourth-order valence-electron chi connectivity index (χ4n) is 7.49. The Morgan fingerprint density at radius 1 is 1.05 bits per heavy atom. The lowest BCUT2D eigenvalue weighted by molar-refractivity contribution is -0.136. The van der Waals surface area contributed by atoms with Crippen LogP contribution in [0.2, 0.25) is 10.0 Å². The number of hydrogen-bond donors (Lipinski definition) is 3. The molecule has 5 heterocycles. The zero-order chi connectivity index (χ0) is 41.1. The summed E-state index contributed by atoms with van der Waals surface area (Å²) in [5, 5.41) is 10.2. The van der Waals surface area contributed by atoms with Crippen LogP contribution in [-0.4, -0.2) is 79.8 Å². The minimum Gasteiger partial charge on any atom is -0.482 e. The molecule has 2 aromatic carbocycles. The highest BCUT2D eigenvalue weighted by molar-refractivity contribution is 6.36. The molecule has 3 aliphatic rings. The quantitative estimate of drug-likeness (QED) is 0.0581. The first-order valence-corrected chi connectivity index (χ1v) is 19.8. The summed E-state index contributed by atoms with van der Waals surface area (Å²) in [4.78, 5) is 70.5. The molecule has 2 saturated heterocycles. The maximum atomic E-state index is 14.1. The Bertz CT molecular complexity index is 2310. The minimum absolute atomic E-state index is 0.0553. The molecule has 2 fully saturated rings. The van der Waals surface area contributed by atoms with Crippen LogP contribution < -0.4 is 21.1 Å². The van der Waals surface area contributed by atoms with Gasteiger partial charge in [0.15, 0.2) is 11.6 Å². The van der Waals surface area contributed by atoms with Crippen molar-refractivity contribution in [1.29, 1.82) is 0 Å². The first-order valence-electron chi connectivity index (χ1n) is 19.0. The number of pyridine rings is 1. The number of allylic oxidation sites excluding steroid dienone is 1. The van der Waals surface area contributed by atoms with Crippen molar-refractivity contribution in [2.24, 2.45) is 0 Å². The minimum atomic E-state index is -1.02. The van der Waals surface area contributed by atoms with E-state index in [1.165, 1.54) is 12.1 Å². The lowest BCUT2D eigenvalue weighted by atomic mass is 10.0. The number of halogens is 3. The van der Waals surface area contributed by atoms with Gasteiger partial charge in [-0.05, 0) is 69.4 Å². The number of nitrogens with two attached hydrogens (primary N) is 1. The number of nitrogens with zero attached hydrogens (tertiary/aromatic N) is 5. The molecule has 0 saturated carbocycles. The Morgan fingerprint density at radius 3 is 2.60 bits per heavy atom. The fourth-order valence-corrected chi connectivity index (χ4v) is 8.17. The molecule has 5 amide bonds. The van der Waals surface area contributed by atoms with Gasteiger partial charge in [-0.1, -0.05) is 41.4 Å². The van der Waals surface area contributed by atoms with E-state index in [9.17, 15) is 28.4 Å². The van der Waals surface area contributed by atoms with Crippen LogP contribution in [-0.2, 0) is 14.4 Å². The third kappa shape index (κ3) is 8.41. The molecule has 0 radical (unpaired) electrons. The van der Waals surface area contributed by atoms with Crippen molar-refractivity contribution >= 4 is 64.2 Å². The molecule has 0 spiro atoms. The fraction of sp³-hybridized carbons (Fsp3) is 0.341. The van der Waals surface area contributed by atoms with Crippen LogP contribution >= 0.6 is 23.2 Å². The number of amides is 5. The molecule has 4 aromatic rings. The van der Waals surface area contributed by atoms with E-state index in [0.29, 0.717) is 55.9 Å². The zero-order valence-corrected chi connectivity index (χ0v) is 33.1. The van der Waals surface area contributed by atoms with Crippen molar-refractivity contribution in [2.75, 3.05) is 30.7 Å². The Labute approximate surface area is 343 Å². The van der Waals surface area contributed by atoms with E-state index in [-0.39, 0.29) is 51.8 Å². The number of aromatic nitrogens is 3. The highest BCUT2D eigenvalue weighted by Gasteiger charge is 2.45. The summed E-state index contributed by atoms with van der Waals surface area (Å²) in [6.45, 7) is 3.40. The highest BCUT2D eigenvalue weighted by atomic mass is 35.5. The molecular formula is C41H41Cl2FN8O6. The molecule has 58 heavy (non-hydrogen) atoms. The second-order valence-electron chi connectivity index (χ2n) is 14.3. The van der Waals surface area contributed by atoms with Gasteiger partial charge in [0, 0.05) is 72.3 Å². The highest BCUT2D eigenvalue weighted by Crippen LogP contribution is 2.38. The summed E-state index contributed by atoms with van der Waals surface area (Å²) >= 11 is 12.5. The monoisotopic (exact) mass is 830 g/mol. The number of likely N-dealkylation sites (tertiary alicyclic amines) is 1. The molecule has 2 atom stereocenters. The van der Waals surface area contributed by atoms with Gasteiger partial charge >= 0.3 is 0 Å². The molecule has 14 nitrogen and oxygen atoms in total. The van der Waals surface area contributed by atoms with E-state index in [2.05, 4.69) is 20.7 Å². The maximum Gasteiger partial charge on any atom is 0.264 e. The van der Waals surface area contributed by atoms with E-state index in [0.717, 1.165) is 28.9 Å². The standard InChI is InChI=1S/C41H41Cl2FN8O6/c1-23(35-28(42)10-11-29(44)37(35)43)58-32-19-24(20-47-38(32)45)25-21-48-51(22-25)26-14-17-50(18-15-26)34(54)9-4-2-3-5-16-46-30-8-6-7-27-36(30)41(57)52(40(27)56)31-12-13-33(53)49-39(31)55/h2-3,6-8,10-11,19-23,26,31,46H,4-5,9,12-18H2,1H3,(H2,45,47)(H,49,53,55)/t23-,31?/m1/s1. The number of piperidine rings is 2. The van der Waals surface area contributed by atoms with Crippen LogP contribution in [0.25, 0.3) is 11.1 Å². The molecule has 2 aromatic heterocycles. The lowest BCUT2D eigenvalue weighted by Crippen LogP contribution is -2.54. The Balaban J connectivity index is 0.849. The molecule has 302 valence electrons. The van der Waals surface area contributed by atoms with Crippen LogP contribution in [0.1, 0.15) is 90.3 Å². The second-order valence-corrected chi connectivity index (χ2v) is 15.1. The van der Waals surface area contributed by atoms with Gasteiger partial charge in [-0.3, -0.25) is 38.9 Å². The molecule has 4 N–H and O–H groups in total. The van der Waals surface area contributed by atoms with Crippen molar-refractivity contribution in [1.82, 2.24) is 29.9 Å². The summed E-state index contributed by atoms with van der Waals surface area (Å²) < 4.78 is 22.1. The summed E-state index contributed by atoms with van der Waals surface area (Å²) in [6.07, 6.45) is 11.7. The van der Waals surface area contributed by atoms with Crippen LogP contribution in [0.5, 0.6) is 5.75 Å². The maximum absolute atomic E-state index is 14.1. The largest absolute Gasteiger partial charge is 0.482 e. The smallest absolute Gasteiger partial charge is 0.264 e. The number of nitrogens with one attached hydrogen (secondary N) is 2. The van der Waals surface area contributed by atoms with Gasteiger partial charge in [-0.15, -0.1) is 0 Å². The normalized spacial score (nSPS) is 17.8. The number of fused-ring (bicyclic) bond motifs is 1. The van der Waals surface area contributed by atoms with E-state index in [1.807, 2.05) is 27.9 Å². The van der Waals surface area contributed by atoms with Gasteiger partial charge < -0.3 is 20.7 Å². The number of anilines is 2. The van der Waals surface area contributed by atoms with E-state index < -0.39 is 41.6 Å². The van der Waals surface area contributed by atoms with Crippen LogP contribution in [0.4, 0.5) is 15.9 Å². The number of carbonyl (C=O) groups is 5. The second kappa shape index (κ2) is 17.4. The van der Waals surface area contributed by atoms with Gasteiger partial charge in [-0.25, -0.2) is 9.37 Å². The molecule has 0 aliphatic carbocycles. The summed E-state index contributed by atoms with van der Waals surface area (Å²) in [6, 6.07) is 8.39. The van der Waals surface area contributed by atoms with Gasteiger partial charge in [0.25, 0.3) is 11.8 Å². The summed E-state index contributed by atoms with van der Waals surface area (Å²) in [5.41, 5.74) is 8.89. The SMILES string of the molecule is C[C@@H](Oc1cc(-c2cnn(C3CCN(C(=O)CCC=CCCNc4cccc5c4C(=O)N(C4CCC(=O)NC4=O)C5=O)CC3)c2)cnc1N)c1c(Cl)ccc(F)c1Cl. The number of rotatable bonds is 13. The Hall–Kier alpha value is -5.80. The average Bonchev–Trinajstić information content (AvgIpc) is 3.80. The van der Waals surface area contributed by atoms with Crippen LogP contribution in [0.15, 0.2) is 67.1 Å². The predicted octanol–water partition coefficient (Wildman–Crippen LogP) is 6.52. The van der Waals surface area contributed by atoms with Crippen molar-refractivity contribution in [2.45, 2.75) is 70.1 Å². The molecular weight excluding hydrogens is 790 g/mol. The van der Waals surface area contributed by atoms with Crippen molar-refractivity contribution in [3.05, 3.63) is 99.7 Å². The Morgan fingerprint density at radius 2 is 1.83 bits per heavy atom. The van der Waals surface area contributed by atoms with E-state index in [1.54, 1.807) is 43.6 Å². The summed E-state index contributed by atoms with van der Waals surface area (Å²) in [5.74, 6) is -2.26. The predicted molar refractivity (Wildman–Crippen MR) is 215 cm³/mol. The molecule has 7 rings (SSSR count). The van der Waals surface area contributed by atoms with Gasteiger partial charge in [0.2, 0.25) is 17.7 Å². The molecule has 1 unspecified atom stereocenters. The van der Waals surface area contributed by atoms with Crippen LogP contribution in [0, 0.1) is 5.82 Å². The topological polar surface area (TPSA) is 182 Å². The van der Waals surface area contributed by atoms with E-state index >= 15 is 0 Å². The van der Waals surface area contributed by atoms with Crippen molar-refractivity contribution in [3.8, 4) is 16.9 Å². The molecule has 17 heteroatoms. The number of nitrogen functional groups attached to an aromatic ring is 1. The van der Waals surface area contributed by atoms with Gasteiger partial charge in [-0.2, -0.15) is 5.10 Å². The third-order valence-electron chi connectivity index (χ3n) is 10.6. The summed E-state index contributed by atoms with van der Waals surface area (Å²) in [7, 11) is 0. The molecule has 0 bridgehead atoms. The van der Waals surface area contributed by atoms with E-state index in [4.69, 9.17) is 33.7 Å². The number of imide groups is 2. The number of benzene rings is 2. The first-order chi connectivity index (χ1) is 27.9. The van der Waals surface area contributed by atoms with Crippen molar-refractivity contribution < 1.29 is 33.1 Å². The molecule has 3 aliphatic heterocycles. The third-order valence-corrected chi connectivity index (χ3v) is 11.3. The number of ether oxygens (including phenoxy) is 1. The number of carbonyl (C=O) groups excluding carboxylic acids is 5. The average molecular weight is 832 g/mol. The zero-order valence-electron chi connectivity index (χ0n) is 31.6. The first kappa shape index (κ1) is 40.4. The Kier molecular flexibility index (Phi) is 12.1.